The van der Waals surface area contributed by atoms with Crippen molar-refractivity contribution in [3.05, 3.63) is 80.6 Å². The number of nitrogens with one attached hydrogen (secondary N) is 1. The molecule has 4 nitrogen and oxygen atoms in total. The smallest absolute Gasteiger partial charge is 0.257 e. The summed E-state index contributed by atoms with van der Waals surface area (Å²) in [6.07, 6.45) is 4.12. The molecule has 0 radical (unpaired) electrons. The molecule has 5 rings (SSSR count). The SMILES string of the molecule is N#Cc1c(NC(=O)c2cc(-c3ccccc3)nc3ccc(Br)cc23)sc2c1CCCC2. The van der Waals surface area contributed by atoms with Crippen molar-refractivity contribution in [2.75, 3.05) is 5.32 Å². The molecule has 0 saturated heterocycles. The van der Waals surface area contributed by atoms with Crippen LogP contribution in [-0.4, -0.2) is 10.9 Å². The van der Waals surface area contributed by atoms with Crippen LogP contribution in [0.1, 0.15) is 39.2 Å². The second-order valence-electron chi connectivity index (χ2n) is 7.56. The number of thiophene rings is 1. The number of anilines is 1. The average molecular weight is 488 g/mol. The van der Waals surface area contributed by atoms with E-state index in [0.29, 0.717) is 16.1 Å². The lowest BCUT2D eigenvalue weighted by Gasteiger charge is -2.11. The summed E-state index contributed by atoms with van der Waals surface area (Å²) in [5, 5.41) is 14.2. The van der Waals surface area contributed by atoms with Crippen LogP contribution in [0.2, 0.25) is 0 Å². The van der Waals surface area contributed by atoms with Gasteiger partial charge in [-0.05, 0) is 55.5 Å². The quantitative estimate of drug-likeness (QED) is 0.348. The van der Waals surface area contributed by atoms with Gasteiger partial charge < -0.3 is 5.32 Å². The summed E-state index contributed by atoms with van der Waals surface area (Å²) in [7, 11) is 0. The summed E-state index contributed by atoms with van der Waals surface area (Å²) in [5.41, 5.74) is 4.72. The first-order valence-corrected chi connectivity index (χ1v) is 11.8. The highest BCUT2D eigenvalue weighted by atomic mass is 79.9. The summed E-state index contributed by atoms with van der Waals surface area (Å²) in [5.74, 6) is -0.224. The maximum atomic E-state index is 13.4. The highest BCUT2D eigenvalue weighted by molar-refractivity contribution is 9.10. The lowest BCUT2D eigenvalue weighted by atomic mass is 9.96. The number of pyridine rings is 1. The third-order valence-electron chi connectivity index (χ3n) is 5.60. The molecule has 1 N–H and O–H groups in total. The van der Waals surface area contributed by atoms with E-state index in [0.717, 1.165) is 57.9 Å². The van der Waals surface area contributed by atoms with Crippen molar-refractivity contribution < 1.29 is 4.79 Å². The summed E-state index contributed by atoms with van der Waals surface area (Å²) >= 11 is 5.05. The molecule has 1 amide bonds. The molecule has 4 aromatic rings. The van der Waals surface area contributed by atoms with Gasteiger partial charge in [-0.2, -0.15) is 5.26 Å². The second kappa shape index (κ2) is 8.26. The molecular formula is C25H18BrN3OS. The number of nitrogens with zero attached hydrogens (tertiary/aromatic N) is 2. The predicted octanol–water partition coefficient (Wildman–Crippen LogP) is 6.73. The number of aromatic nitrogens is 1. The molecule has 0 fully saturated rings. The van der Waals surface area contributed by atoms with E-state index < -0.39 is 0 Å². The number of amides is 1. The number of carbonyl (C=O) groups excluding carboxylic acids is 1. The molecule has 0 spiro atoms. The van der Waals surface area contributed by atoms with Crippen LogP contribution in [0.25, 0.3) is 22.2 Å². The summed E-state index contributed by atoms with van der Waals surface area (Å²) in [6.45, 7) is 0. The highest BCUT2D eigenvalue weighted by Gasteiger charge is 2.23. The third kappa shape index (κ3) is 3.76. The topological polar surface area (TPSA) is 65.8 Å². The third-order valence-corrected chi connectivity index (χ3v) is 7.30. The van der Waals surface area contributed by atoms with Gasteiger partial charge in [0.1, 0.15) is 11.1 Å². The van der Waals surface area contributed by atoms with Crippen LogP contribution in [0, 0.1) is 11.3 Å². The molecule has 0 saturated carbocycles. The molecule has 2 aromatic carbocycles. The first kappa shape index (κ1) is 19.9. The Morgan fingerprint density at radius 1 is 1.10 bits per heavy atom. The van der Waals surface area contributed by atoms with E-state index in [-0.39, 0.29) is 5.91 Å². The van der Waals surface area contributed by atoms with Crippen LogP contribution in [0.5, 0.6) is 0 Å². The Bertz CT molecular complexity index is 1350. The Morgan fingerprint density at radius 3 is 2.71 bits per heavy atom. The maximum Gasteiger partial charge on any atom is 0.257 e. The molecule has 2 heterocycles. The number of carbonyl (C=O) groups is 1. The predicted molar refractivity (Wildman–Crippen MR) is 129 cm³/mol. The van der Waals surface area contributed by atoms with Gasteiger partial charge in [0.05, 0.1) is 22.3 Å². The first-order chi connectivity index (χ1) is 15.1. The fourth-order valence-corrected chi connectivity index (χ4v) is 5.68. The molecule has 2 aromatic heterocycles. The van der Waals surface area contributed by atoms with Crippen LogP contribution in [0.4, 0.5) is 5.00 Å². The van der Waals surface area contributed by atoms with Gasteiger partial charge in [-0.1, -0.05) is 46.3 Å². The van der Waals surface area contributed by atoms with Crippen molar-refractivity contribution in [3.8, 4) is 17.3 Å². The number of fused-ring (bicyclic) bond motifs is 2. The zero-order valence-electron chi connectivity index (χ0n) is 16.6. The zero-order valence-corrected chi connectivity index (χ0v) is 19.0. The number of halogens is 1. The van der Waals surface area contributed by atoms with Gasteiger partial charge in [0.25, 0.3) is 5.91 Å². The number of aryl methyl sites for hydroxylation is 1. The van der Waals surface area contributed by atoms with E-state index in [4.69, 9.17) is 4.98 Å². The van der Waals surface area contributed by atoms with Gasteiger partial charge in [-0.3, -0.25) is 4.79 Å². The largest absolute Gasteiger partial charge is 0.312 e. The molecule has 31 heavy (non-hydrogen) atoms. The molecule has 1 aliphatic carbocycles. The normalized spacial score (nSPS) is 12.9. The number of hydrogen-bond acceptors (Lipinski definition) is 4. The Balaban J connectivity index is 1.61. The monoisotopic (exact) mass is 487 g/mol. The van der Waals surface area contributed by atoms with Crippen molar-refractivity contribution in [2.24, 2.45) is 0 Å². The summed E-state index contributed by atoms with van der Waals surface area (Å²) in [4.78, 5) is 19.4. The molecule has 6 heteroatoms. The van der Waals surface area contributed by atoms with Gasteiger partial charge in [0.15, 0.2) is 0 Å². The number of benzene rings is 2. The van der Waals surface area contributed by atoms with Crippen molar-refractivity contribution in [3.63, 3.8) is 0 Å². The van der Waals surface area contributed by atoms with E-state index in [1.54, 1.807) is 0 Å². The molecule has 0 bridgehead atoms. The maximum absolute atomic E-state index is 13.4. The lowest BCUT2D eigenvalue weighted by molar-refractivity contribution is 0.102. The first-order valence-electron chi connectivity index (χ1n) is 10.2. The van der Waals surface area contributed by atoms with E-state index >= 15 is 0 Å². The Morgan fingerprint density at radius 2 is 1.90 bits per heavy atom. The van der Waals surface area contributed by atoms with Crippen LogP contribution in [-0.2, 0) is 12.8 Å². The van der Waals surface area contributed by atoms with Crippen LogP contribution >= 0.6 is 27.3 Å². The molecule has 1 aliphatic rings. The number of hydrogen-bond donors (Lipinski definition) is 1. The molecular weight excluding hydrogens is 470 g/mol. The fourth-order valence-electron chi connectivity index (χ4n) is 4.09. The van der Waals surface area contributed by atoms with Gasteiger partial charge in [0, 0.05) is 20.3 Å². The summed E-state index contributed by atoms with van der Waals surface area (Å²) < 4.78 is 0.882. The second-order valence-corrected chi connectivity index (χ2v) is 9.58. The van der Waals surface area contributed by atoms with Crippen molar-refractivity contribution in [1.29, 1.82) is 5.26 Å². The standard InChI is InChI=1S/C25H18BrN3OS/c26-16-10-11-21-18(12-16)19(13-22(28-21)15-6-2-1-3-7-15)24(30)29-25-20(14-27)17-8-4-5-9-23(17)31-25/h1-3,6-7,10-13H,4-5,8-9H2,(H,29,30). The van der Waals surface area contributed by atoms with Crippen molar-refractivity contribution >= 4 is 49.1 Å². The Kier molecular flexibility index (Phi) is 5.31. The van der Waals surface area contributed by atoms with Gasteiger partial charge in [-0.25, -0.2) is 4.98 Å². The minimum Gasteiger partial charge on any atom is -0.312 e. The van der Waals surface area contributed by atoms with Gasteiger partial charge in [0.2, 0.25) is 0 Å². The zero-order chi connectivity index (χ0) is 21.4. The summed E-state index contributed by atoms with van der Waals surface area (Å²) in [6, 6.07) is 19.7. The molecule has 152 valence electrons. The van der Waals surface area contributed by atoms with Crippen molar-refractivity contribution in [2.45, 2.75) is 25.7 Å². The molecule has 0 atom stereocenters. The Labute approximate surface area is 192 Å². The van der Waals surface area contributed by atoms with Crippen LogP contribution in [0.3, 0.4) is 0 Å². The van der Waals surface area contributed by atoms with E-state index in [1.165, 1.54) is 16.2 Å². The molecule has 0 aliphatic heterocycles. The fraction of sp³-hybridized carbons (Fsp3) is 0.160. The van der Waals surface area contributed by atoms with Crippen molar-refractivity contribution in [1.82, 2.24) is 4.98 Å². The highest BCUT2D eigenvalue weighted by Crippen LogP contribution is 2.38. The van der Waals surface area contributed by atoms with Crippen LogP contribution < -0.4 is 5.32 Å². The average Bonchev–Trinajstić information content (AvgIpc) is 3.15. The van der Waals surface area contributed by atoms with E-state index in [1.807, 2.05) is 54.6 Å². The Hall–Kier alpha value is -3.01. The number of rotatable bonds is 3. The van der Waals surface area contributed by atoms with Crippen LogP contribution in [0.15, 0.2) is 59.1 Å². The lowest BCUT2D eigenvalue weighted by Crippen LogP contribution is -2.13. The van der Waals surface area contributed by atoms with E-state index in [9.17, 15) is 10.1 Å². The van der Waals surface area contributed by atoms with E-state index in [2.05, 4.69) is 27.3 Å². The minimum atomic E-state index is -0.224. The van der Waals surface area contributed by atoms with Gasteiger partial charge in [-0.15, -0.1) is 11.3 Å². The molecule has 0 unspecified atom stereocenters. The minimum absolute atomic E-state index is 0.224. The number of nitriles is 1. The van der Waals surface area contributed by atoms with Gasteiger partial charge >= 0.3 is 0 Å².